The van der Waals surface area contributed by atoms with Gasteiger partial charge >= 0.3 is 52.5 Å². The fraction of sp³-hybridized carbons (Fsp3) is 0.320. The summed E-state index contributed by atoms with van der Waals surface area (Å²) >= 11 is 36.9. The minimum atomic E-state index is -0.944. The molecule has 29 heteroatoms. The van der Waals surface area contributed by atoms with E-state index in [9.17, 15) is 24.5 Å². The van der Waals surface area contributed by atoms with Gasteiger partial charge in [-0.25, -0.2) is 14.4 Å². The molecule has 2 aliphatic carbocycles. The average molecular weight is 1710 g/mol. The van der Waals surface area contributed by atoms with Gasteiger partial charge in [-0.15, -0.1) is 12.6 Å². The van der Waals surface area contributed by atoms with Crippen molar-refractivity contribution in [3.63, 3.8) is 0 Å². The molecule has 16 nitrogen and oxygen atoms in total. The molecule has 0 spiro atoms. The molecule has 4 fully saturated rings. The van der Waals surface area contributed by atoms with Crippen LogP contribution in [0.5, 0.6) is 5.75 Å². The quantitative estimate of drug-likeness (QED) is 0.0183. The maximum absolute atomic E-state index is 11.5. The van der Waals surface area contributed by atoms with E-state index in [2.05, 4.69) is 213 Å². The predicted octanol–water partition coefficient (Wildman–Crippen LogP) is 22.3. The summed E-state index contributed by atoms with van der Waals surface area (Å²) in [6, 6.07) is 41.6. The molecular weight excluding hydrogens is 1610 g/mol. The number of ether oxygens (including phenoxy) is 1. The van der Waals surface area contributed by atoms with Gasteiger partial charge in [0.05, 0.1) is 31.4 Å². The Morgan fingerprint density at radius 1 is 0.500 bits per heavy atom. The molecule has 104 heavy (non-hydrogen) atoms. The third-order valence-corrected chi connectivity index (χ3v) is 18.7. The van der Waals surface area contributed by atoms with Crippen molar-refractivity contribution in [2.45, 2.75) is 93.7 Å². The van der Waals surface area contributed by atoms with Crippen molar-refractivity contribution in [2.75, 3.05) is 88.3 Å². The number of likely N-dealkylation sites (tertiary alicyclic amines) is 1. The first kappa shape index (κ1) is 103. The van der Waals surface area contributed by atoms with Gasteiger partial charge < -0.3 is 78.2 Å². The second-order valence-electron chi connectivity index (χ2n) is 21.9. The van der Waals surface area contributed by atoms with E-state index < -0.39 is 11.1 Å². The van der Waals surface area contributed by atoms with Crippen molar-refractivity contribution in [2.24, 2.45) is 0 Å². The maximum Gasteiger partial charge on any atom is 2.00 e. The Kier molecular flexibility index (Phi) is 62.7. The molecule has 4 aliphatic heterocycles. The molecule has 6 aromatic carbocycles. The van der Waals surface area contributed by atoms with Crippen molar-refractivity contribution in [3.05, 3.63) is 259 Å². The molecule has 0 unspecified atom stereocenters. The van der Waals surface area contributed by atoms with E-state index in [-0.39, 0.29) is 110 Å². The van der Waals surface area contributed by atoms with E-state index in [1.165, 1.54) is 101 Å². The Labute approximate surface area is 685 Å². The van der Waals surface area contributed by atoms with Gasteiger partial charge in [-0.1, -0.05) is 173 Å². The Balaban J connectivity index is -0.00000114. The van der Waals surface area contributed by atoms with Crippen LogP contribution in [0.1, 0.15) is 73.6 Å². The number of hydrogen-bond acceptors (Lipinski definition) is 18. The largest absolute Gasteiger partial charge is 2.00 e. The number of aryl methyl sites for hydroxylation is 4. The number of carbonyl (C=O) groups excluding carboxylic acids is 3. The number of nitrogens with zero attached hydrogens (tertiary/aromatic N) is 5. The number of piperazine rings is 2. The number of nitro groups is 1. The van der Waals surface area contributed by atoms with Gasteiger partial charge in [-0.05, 0) is 193 Å². The Morgan fingerprint density at radius 2 is 0.933 bits per heavy atom. The molecule has 0 saturated carbocycles. The Hall–Kier alpha value is -4.82. The molecule has 568 valence electrons. The molecule has 4 saturated heterocycles. The zero-order valence-electron chi connectivity index (χ0n) is 60.1. The average Bonchev–Trinajstić information content (AvgIpc) is 0.954. The van der Waals surface area contributed by atoms with Gasteiger partial charge in [0.1, 0.15) is 5.75 Å². The number of hydrogen-bond donors (Lipinski definition) is 3. The number of amides is 2. The summed E-state index contributed by atoms with van der Waals surface area (Å²) in [5.41, 5.74) is 7.51. The second-order valence-corrected chi connectivity index (χ2v) is 27.0. The topological polar surface area (TPSA) is 168 Å². The number of anilines is 2. The van der Waals surface area contributed by atoms with Gasteiger partial charge in [-0.3, -0.25) is 10.1 Å². The summed E-state index contributed by atoms with van der Waals surface area (Å²) < 4.78 is 18.4. The number of nitrogens with one attached hydrogen (secondary N) is 2. The Morgan fingerprint density at radius 3 is 1.35 bits per heavy atom. The van der Waals surface area contributed by atoms with Crippen molar-refractivity contribution in [1.82, 2.24) is 20.4 Å². The van der Waals surface area contributed by atoms with E-state index >= 15 is 0 Å². The number of rotatable bonds is 9. The summed E-state index contributed by atoms with van der Waals surface area (Å²) in [5.74, 6) is 0.157. The fourth-order valence-electron chi connectivity index (χ4n) is 9.45. The second kappa shape index (κ2) is 63.1. The van der Waals surface area contributed by atoms with Gasteiger partial charge in [0.2, 0.25) is 22.7 Å². The smallest absolute Gasteiger partial charge is 0.395 e. The van der Waals surface area contributed by atoms with Gasteiger partial charge in [0.25, 0.3) is 5.69 Å². The SMILES string of the molecule is C1=CCC=C1.C1=CCC=C1.C1CCNCC1.Cc1ccc(S)c(C)c1.Cc1ccc(Sc2ccccc2N2CCNCC2)c(C)c1.Clc1ccccc1Cl.O=C(OP=S)N1CCCCC1.O=C(OP=S)N1CCN(c2ccccc2Cl)CC1.O=C(OP=S)Oc1ccc([N+](=O)[O-])cc1.[CH3-].[CH3-].[CH3-].[CH3-].[Fe+2].[Fe+2]. The summed E-state index contributed by atoms with van der Waals surface area (Å²) in [6.45, 7) is 19.7. The number of thiol groups is 1. The molecule has 0 aromatic heterocycles. The molecule has 6 aromatic rings. The van der Waals surface area contributed by atoms with Crippen LogP contribution < -0.4 is 25.2 Å². The third-order valence-electron chi connectivity index (χ3n) is 14.5. The van der Waals surface area contributed by atoms with Gasteiger partial charge in [0.15, 0.2) is 0 Å². The molecule has 2 amide bonds. The first-order chi connectivity index (χ1) is 47.4. The van der Waals surface area contributed by atoms with E-state index in [0.717, 1.165) is 93.6 Å². The number of allylic oxidation sites excluding steroid dienone is 8. The fourth-order valence-corrected chi connectivity index (χ4v) is 12.2. The van der Waals surface area contributed by atoms with Crippen LogP contribution in [-0.2, 0) is 83.1 Å². The summed E-state index contributed by atoms with van der Waals surface area (Å²) in [4.78, 5) is 54.8. The maximum atomic E-state index is 11.5. The number of piperidine rings is 2. The monoisotopic (exact) mass is 1710 g/mol. The molecule has 0 radical (unpaired) electrons. The number of halogens is 3. The number of non-ortho nitro benzene ring substituents is 1. The van der Waals surface area contributed by atoms with Crippen LogP contribution in [-0.4, -0.2) is 112 Å². The molecule has 4 heterocycles. The predicted molar refractivity (Wildman–Crippen MR) is 446 cm³/mol. The van der Waals surface area contributed by atoms with E-state index in [1.807, 2.05) is 54.2 Å². The van der Waals surface area contributed by atoms with Crippen molar-refractivity contribution < 1.29 is 71.8 Å². The van der Waals surface area contributed by atoms with E-state index in [0.29, 0.717) is 23.1 Å². The van der Waals surface area contributed by atoms with E-state index in [1.54, 1.807) is 21.9 Å². The van der Waals surface area contributed by atoms with Gasteiger partial charge in [0, 0.05) is 92.3 Å². The molecule has 6 aliphatic rings. The Bertz CT molecular complexity index is 3490. The summed E-state index contributed by atoms with van der Waals surface area (Å²) in [6.07, 6.45) is 25.1. The van der Waals surface area contributed by atoms with Crippen LogP contribution in [0.3, 0.4) is 0 Å². The van der Waals surface area contributed by atoms with Crippen molar-refractivity contribution in [1.29, 1.82) is 0 Å². The van der Waals surface area contributed by atoms with Crippen molar-refractivity contribution >= 4 is 153 Å². The molecular formula is C75H97Cl3Fe2N7O9P3S5. The van der Waals surface area contributed by atoms with E-state index in [4.69, 9.17) is 39.3 Å². The standard InChI is InChI=1S/C18H22N2S.C11H12ClN2O2PS.C8H10S.C7H4NO5PS.C6H4Cl2.C6H10NO2PS.C5H11N.2C5H6.4CH3.2Fe/c1-14-7-8-17(15(2)13-14)21-18-6-4-3-5-16(18)20-11-9-19-10-12-20;12-9-3-1-2-4-10(9)13-5-7-14(8-6-13)11(15)16-17-18;1-6-3-4-8(9)7(2)5-6;9-7(13-14-15)12-6-3-1-5(2-4-6)8(10)11;7-5-3-1-2-4-6(5)8;8-6(9-10-11)7-4-2-1-3-5-7;1-2-4-6-5-3-1;2*1-2-4-5-3-1;;;;;;/h3-8,13,19H,9-12H2,1-2H3;1-4H,5-8H2;3-5,9H,1-2H3;1-4H;1-4H;1-5H2;6H,1-5H2;2*1-4H,5H2;4*1H3;;/q;;;;;;;;;4*-1;2*+2. The van der Waals surface area contributed by atoms with Crippen LogP contribution >= 0.6 is 81.9 Å². The first-order valence-electron chi connectivity index (χ1n) is 31.8. The minimum absolute atomic E-state index is 0. The number of benzene rings is 6. The zero-order chi connectivity index (χ0) is 71.1. The van der Waals surface area contributed by atoms with Gasteiger partial charge in [-0.2, -0.15) is 0 Å². The van der Waals surface area contributed by atoms with Crippen LogP contribution in [0.2, 0.25) is 15.1 Å². The van der Waals surface area contributed by atoms with Crippen LogP contribution in [0.25, 0.3) is 0 Å². The van der Waals surface area contributed by atoms with Crippen LogP contribution in [0, 0.1) is 67.5 Å². The number of nitro benzene ring substituents is 1. The molecule has 12 rings (SSSR count). The molecule has 0 bridgehead atoms. The molecule has 0 atom stereocenters. The van der Waals surface area contributed by atoms with Crippen LogP contribution in [0.4, 0.5) is 31.4 Å². The first-order valence-corrected chi connectivity index (χ1v) is 39.6. The third kappa shape index (κ3) is 43.9. The van der Waals surface area contributed by atoms with Crippen LogP contribution in [0.15, 0.2) is 197 Å². The number of carbonyl (C=O) groups is 3. The number of para-hydroxylation sites is 2. The molecule has 2 N–H and O–H groups in total. The summed E-state index contributed by atoms with van der Waals surface area (Å²) in [7, 11) is 0.508. The normalized spacial score (nSPS) is 13.8. The summed E-state index contributed by atoms with van der Waals surface area (Å²) in [5, 5.41) is 18.9. The van der Waals surface area contributed by atoms with Crippen molar-refractivity contribution in [3.8, 4) is 5.75 Å². The minimum Gasteiger partial charge on any atom is -0.395 e. The zero-order valence-corrected chi connectivity index (χ0v) is 71.5.